The molecule has 0 heterocycles. The quantitative estimate of drug-likeness (QED) is 0.751. The molecule has 0 aromatic heterocycles. The maximum Gasteiger partial charge on any atom is 0.258 e. The molecule has 1 unspecified atom stereocenters. The van der Waals surface area contributed by atoms with Crippen LogP contribution in [-0.2, 0) is 4.79 Å². The van der Waals surface area contributed by atoms with Gasteiger partial charge in [-0.2, -0.15) is 0 Å². The Hall–Kier alpha value is -1.69. The van der Waals surface area contributed by atoms with Crippen molar-refractivity contribution in [2.45, 2.75) is 11.0 Å². The zero-order valence-electron chi connectivity index (χ0n) is 12.7. The summed E-state index contributed by atoms with van der Waals surface area (Å²) in [4.78, 5) is 12.9. The van der Waals surface area contributed by atoms with Gasteiger partial charge < -0.3 is 15.2 Å². The number of hydrogen-bond acceptors (Lipinski definition) is 4. The zero-order chi connectivity index (χ0) is 16.7. The normalized spacial score (nSPS) is 11.8. The number of halogens is 1. The molecule has 0 saturated carbocycles. The first kappa shape index (κ1) is 17.7. The number of aliphatic hydroxyl groups is 1. The molecule has 0 spiro atoms. The molecule has 122 valence electrons. The number of nitrogens with one attached hydrogen (secondary N) is 1. The van der Waals surface area contributed by atoms with E-state index in [1.165, 1.54) is 0 Å². The van der Waals surface area contributed by atoms with Gasteiger partial charge in [-0.3, -0.25) is 4.79 Å². The van der Waals surface area contributed by atoms with Crippen LogP contribution in [-0.4, -0.2) is 30.4 Å². The summed E-state index contributed by atoms with van der Waals surface area (Å²) in [6.45, 7) is 0.0290. The van der Waals surface area contributed by atoms with E-state index < -0.39 is 6.10 Å². The third kappa shape index (κ3) is 5.78. The Morgan fingerprint density at radius 2 is 1.87 bits per heavy atom. The van der Waals surface area contributed by atoms with Crippen molar-refractivity contribution in [3.63, 3.8) is 0 Å². The van der Waals surface area contributed by atoms with Crippen molar-refractivity contribution in [2.75, 3.05) is 19.4 Å². The Morgan fingerprint density at radius 3 is 2.48 bits per heavy atom. The van der Waals surface area contributed by atoms with Gasteiger partial charge in [-0.05, 0) is 48.2 Å². The average Bonchev–Trinajstić information content (AvgIpc) is 2.59. The first-order valence-electron chi connectivity index (χ1n) is 7.05. The van der Waals surface area contributed by atoms with Crippen molar-refractivity contribution >= 4 is 29.3 Å². The van der Waals surface area contributed by atoms with Crippen LogP contribution in [0.25, 0.3) is 0 Å². The molecular weight excluding hydrogens is 334 g/mol. The van der Waals surface area contributed by atoms with E-state index in [9.17, 15) is 9.90 Å². The molecule has 0 aliphatic carbocycles. The van der Waals surface area contributed by atoms with Gasteiger partial charge in [-0.25, -0.2) is 0 Å². The zero-order valence-corrected chi connectivity index (χ0v) is 14.2. The lowest BCUT2D eigenvalue weighted by molar-refractivity contribution is -0.123. The SMILES string of the molecule is CSc1ccc(C(O)CNC(=O)COc2ccc(Cl)cc2)cc1. The Bertz CT molecular complexity index is 631. The second kappa shape index (κ2) is 8.82. The fraction of sp³-hybridized carbons (Fsp3) is 0.235. The van der Waals surface area contributed by atoms with E-state index in [2.05, 4.69) is 5.32 Å². The third-order valence-electron chi connectivity index (χ3n) is 3.18. The molecule has 6 heteroatoms. The van der Waals surface area contributed by atoms with Gasteiger partial charge in [0, 0.05) is 16.5 Å². The smallest absolute Gasteiger partial charge is 0.258 e. The van der Waals surface area contributed by atoms with Gasteiger partial charge in [0.15, 0.2) is 6.61 Å². The van der Waals surface area contributed by atoms with Crippen molar-refractivity contribution in [3.05, 3.63) is 59.1 Å². The van der Waals surface area contributed by atoms with E-state index in [0.29, 0.717) is 10.8 Å². The summed E-state index contributed by atoms with van der Waals surface area (Å²) in [6, 6.07) is 14.4. The van der Waals surface area contributed by atoms with Gasteiger partial charge in [0.1, 0.15) is 5.75 Å². The molecule has 1 atom stereocenters. The second-order valence-corrected chi connectivity index (χ2v) is 6.15. The van der Waals surface area contributed by atoms with E-state index in [1.54, 1.807) is 36.0 Å². The van der Waals surface area contributed by atoms with Crippen molar-refractivity contribution in [3.8, 4) is 5.75 Å². The molecule has 4 nitrogen and oxygen atoms in total. The van der Waals surface area contributed by atoms with Crippen LogP contribution in [0.1, 0.15) is 11.7 Å². The molecule has 2 aromatic carbocycles. The largest absolute Gasteiger partial charge is 0.484 e. The van der Waals surface area contributed by atoms with Crippen LogP contribution < -0.4 is 10.1 Å². The lowest BCUT2D eigenvalue weighted by Crippen LogP contribution is -2.32. The minimum Gasteiger partial charge on any atom is -0.484 e. The monoisotopic (exact) mass is 351 g/mol. The van der Waals surface area contributed by atoms with Crippen LogP contribution >= 0.6 is 23.4 Å². The van der Waals surface area contributed by atoms with Gasteiger partial charge in [0.05, 0.1) is 6.10 Å². The summed E-state index contributed by atoms with van der Waals surface area (Å²) in [5.74, 6) is 0.275. The maximum atomic E-state index is 11.7. The van der Waals surface area contributed by atoms with E-state index in [0.717, 1.165) is 10.5 Å². The van der Waals surface area contributed by atoms with Crippen LogP contribution in [0.4, 0.5) is 0 Å². The highest BCUT2D eigenvalue weighted by Gasteiger charge is 2.10. The van der Waals surface area contributed by atoms with Gasteiger partial charge >= 0.3 is 0 Å². The number of aliphatic hydroxyl groups excluding tert-OH is 1. The molecule has 2 rings (SSSR count). The Morgan fingerprint density at radius 1 is 1.22 bits per heavy atom. The fourth-order valence-corrected chi connectivity index (χ4v) is 2.42. The number of ether oxygens (including phenoxy) is 1. The fourth-order valence-electron chi connectivity index (χ4n) is 1.89. The van der Waals surface area contributed by atoms with E-state index in [4.69, 9.17) is 16.3 Å². The molecule has 0 saturated heterocycles. The van der Waals surface area contributed by atoms with Gasteiger partial charge in [-0.15, -0.1) is 11.8 Å². The molecular formula is C17H18ClNO3S. The number of rotatable bonds is 7. The molecule has 23 heavy (non-hydrogen) atoms. The van der Waals surface area contributed by atoms with Crippen molar-refractivity contribution < 1.29 is 14.6 Å². The second-order valence-electron chi connectivity index (χ2n) is 4.84. The average molecular weight is 352 g/mol. The van der Waals surface area contributed by atoms with Crippen LogP contribution in [0.15, 0.2) is 53.4 Å². The van der Waals surface area contributed by atoms with Crippen molar-refractivity contribution in [1.82, 2.24) is 5.32 Å². The lowest BCUT2D eigenvalue weighted by atomic mass is 10.1. The number of carbonyl (C=O) groups is 1. The summed E-state index contributed by atoms with van der Waals surface area (Å²) in [7, 11) is 0. The highest BCUT2D eigenvalue weighted by atomic mass is 35.5. The number of amides is 1. The first-order chi connectivity index (χ1) is 11.1. The minimum atomic E-state index is -0.745. The number of thioether (sulfide) groups is 1. The maximum absolute atomic E-state index is 11.7. The number of carbonyl (C=O) groups excluding carboxylic acids is 1. The van der Waals surface area contributed by atoms with Crippen LogP contribution in [0.3, 0.4) is 0 Å². The van der Waals surface area contributed by atoms with Crippen molar-refractivity contribution in [1.29, 1.82) is 0 Å². The predicted octanol–water partition coefficient (Wildman–Crippen LogP) is 3.29. The van der Waals surface area contributed by atoms with E-state index in [-0.39, 0.29) is 19.1 Å². The third-order valence-corrected chi connectivity index (χ3v) is 4.17. The molecule has 1 amide bonds. The molecule has 0 aliphatic rings. The van der Waals surface area contributed by atoms with Crippen LogP contribution in [0.5, 0.6) is 5.75 Å². The highest BCUT2D eigenvalue weighted by Crippen LogP contribution is 2.19. The van der Waals surface area contributed by atoms with Crippen molar-refractivity contribution in [2.24, 2.45) is 0 Å². The summed E-state index contributed by atoms with van der Waals surface area (Å²) in [6.07, 6.45) is 1.25. The Kier molecular flexibility index (Phi) is 6.77. The molecule has 0 bridgehead atoms. The molecule has 2 N–H and O–H groups in total. The molecule has 0 aliphatic heterocycles. The van der Waals surface area contributed by atoms with E-state index in [1.807, 2.05) is 30.5 Å². The van der Waals surface area contributed by atoms with Crippen LogP contribution in [0.2, 0.25) is 5.02 Å². The van der Waals surface area contributed by atoms with Crippen LogP contribution in [0, 0.1) is 0 Å². The van der Waals surface area contributed by atoms with Gasteiger partial charge in [-0.1, -0.05) is 23.7 Å². The topological polar surface area (TPSA) is 58.6 Å². The van der Waals surface area contributed by atoms with Gasteiger partial charge in [0.2, 0.25) is 0 Å². The van der Waals surface area contributed by atoms with Gasteiger partial charge in [0.25, 0.3) is 5.91 Å². The Balaban J connectivity index is 1.75. The number of benzene rings is 2. The molecule has 0 radical (unpaired) electrons. The molecule has 0 fully saturated rings. The summed E-state index contributed by atoms with van der Waals surface area (Å²) < 4.78 is 5.34. The number of hydrogen-bond donors (Lipinski definition) is 2. The highest BCUT2D eigenvalue weighted by molar-refractivity contribution is 7.98. The molecule has 2 aromatic rings. The summed E-state index contributed by atoms with van der Waals surface area (Å²) >= 11 is 7.41. The lowest BCUT2D eigenvalue weighted by Gasteiger charge is -2.13. The van der Waals surface area contributed by atoms with E-state index >= 15 is 0 Å². The summed E-state index contributed by atoms with van der Waals surface area (Å²) in [5, 5.41) is 13.3. The standard InChI is InChI=1S/C17H18ClNO3S/c1-23-15-8-2-12(3-9-15)16(20)10-19-17(21)11-22-14-6-4-13(18)5-7-14/h2-9,16,20H,10-11H2,1H3,(H,19,21). The first-order valence-corrected chi connectivity index (χ1v) is 8.66. The summed E-state index contributed by atoms with van der Waals surface area (Å²) in [5.41, 5.74) is 0.765. The predicted molar refractivity (Wildman–Crippen MR) is 93.1 cm³/mol. The minimum absolute atomic E-state index is 0.111. The Labute approximate surface area is 144 Å².